The van der Waals surface area contributed by atoms with E-state index in [1.165, 1.54) is 0 Å². The lowest BCUT2D eigenvalue weighted by molar-refractivity contribution is -0.186. The molecule has 82 valence electrons. The van der Waals surface area contributed by atoms with Gasteiger partial charge in [-0.05, 0) is 5.92 Å². The minimum atomic E-state index is -0.0511. The van der Waals surface area contributed by atoms with Gasteiger partial charge in [-0.25, -0.2) is 0 Å². The quantitative estimate of drug-likeness (QED) is 0.658. The van der Waals surface area contributed by atoms with E-state index < -0.39 is 0 Å². The van der Waals surface area contributed by atoms with Gasteiger partial charge in [-0.2, -0.15) is 0 Å². The molecule has 0 radical (unpaired) electrons. The minimum Gasteiger partial charge on any atom is -0.357 e. The molecule has 0 aliphatic carbocycles. The van der Waals surface area contributed by atoms with Gasteiger partial charge in [0, 0.05) is 24.5 Å². The summed E-state index contributed by atoms with van der Waals surface area (Å²) in [5.41, 5.74) is 0.194. The SMILES string of the molecule is CC(C)C1NC2(CNC2)OCC1(C)C. The molecule has 3 heteroatoms. The van der Waals surface area contributed by atoms with Crippen molar-refractivity contribution in [2.24, 2.45) is 11.3 Å². The molecule has 3 nitrogen and oxygen atoms in total. The van der Waals surface area contributed by atoms with Crippen molar-refractivity contribution in [3.8, 4) is 0 Å². The molecule has 0 aromatic carbocycles. The van der Waals surface area contributed by atoms with Crippen molar-refractivity contribution in [2.75, 3.05) is 19.7 Å². The van der Waals surface area contributed by atoms with Gasteiger partial charge in [0.05, 0.1) is 6.61 Å². The van der Waals surface area contributed by atoms with Crippen LogP contribution in [-0.4, -0.2) is 31.5 Å². The predicted octanol–water partition coefficient (Wildman–Crippen LogP) is 0.956. The highest BCUT2D eigenvalue weighted by Gasteiger charge is 2.49. The molecule has 0 saturated carbocycles. The second-order valence-corrected chi connectivity index (χ2v) is 5.74. The molecule has 14 heavy (non-hydrogen) atoms. The molecular formula is C11H22N2O. The first kappa shape index (κ1) is 10.4. The first-order valence-electron chi connectivity index (χ1n) is 5.58. The summed E-state index contributed by atoms with van der Waals surface area (Å²) in [6, 6.07) is 0.554. The normalized spacial score (nSPS) is 34.5. The van der Waals surface area contributed by atoms with Crippen molar-refractivity contribution >= 4 is 0 Å². The van der Waals surface area contributed by atoms with Gasteiger partial charge >= 0.3 is 0 Å². The fourth-order valence-corrected chi connectivity index (χ4v) is 2.56. The Hall–Kier alpha value is -0.120. The fourth-order valence-electron chi connectivity index (χ4n) is 2.56. The van der Waals surface area contributed by atoms with Crippen LogP contribution in [0.15, 0.2) is 0 Å². The van der Waals surface area contributed by atoms with Crippen molar-refractivity contribution in [1.29, 1.82) is 0 Å². The van der Waals surface area contributed by atoms with Gasteiger partial charge in [0.1, 0.15) is 5.72 Å². The molecule has 0 amide bonds. The van der Waals surface area contributed by atoms with Crippen LogP contribution >= 0.6 is 0 Å². The molecule has 0 aromatic heterocycles. The van der Waals surface area contributed by atoms with Gasteiger partial charge in [0.25, 0.3) is 0 Å². The molecule has 2 heterocycles. The molecule has 0 aromatic rings. The summed E-state index contributed by atoms with van der Waals surface area (Å²) in [7, 11) is 0. The van der Waals surface area contributed by atoms with Crippen molar-refractivity contribution in [2.45, 2.75) is 39.5 Å². The minimum absolute atomic E-state index is 0.0511. The van der Waals surface area contributed by atoms with E-state index in [0.717, 1.165) is 19.7 Å². The Morgan fingerprint density at radius 3 is 2.36 bits per heavy atom. The van der Waals surface area contributed by atoms with E-state index in [1.54, 1.807) is 0 Å². The number of hydrogen-bond acceptors (Lipinski definition) is 3. The number of hydrogen-bond donors (Lipinski definition) is 2. The third-order valence-electron chi connectivity index (χ3n) is 3.47. The van der Waals surface area contributed by atoms with Crippen LogP contribution < -0.4 is 10.6 Å². The first-order valence-corrected chi connectivity index (χ1v) is 5.58. The highest BCUT2D eigenvalue weighted by molar-refractivity contribution is 5.02. The number of ether oxygens (including phenoxy) is 1. The van der Waals surface area contributed by atoms with Crippen molar-refractivity contribution in [3.05, 3.63) is 0 Å². The molecule has 2 N–H and O–H groups in total. The zero-order chi connectivity index (χ0) is 10.4. The largest absolute Gasteiger partial charge is 0.357 e. The van der Waals surface area contributed by atoms with Crippen LogP contribution in [0.4, 0.5) is 0 Å². The highest BCUT2D eigenvalue weighted by Crippen LogP contribution is 2.35. The van der Waals surface area contributed by atoms with Gasteiger partial charge in [-0.3, -0.25) is 5.32 Å². The summed E-state index contributed by atoms with van der Waals surface area (Å²) in [5.74, 6) is 0.659. The van der Waals surface area contributed by atoms with Crippen LogP contribution in [-0.2, 0) is 4.74 Å². The zero-order valence-electron chi connectivity index (χ0n) is 9.68. The average Bonchev–Trinajstić information content (AvgIpc) is 2.00. The standard InChI is InChI=1S/C11H22N2O/c1-8(2)9-10(3,4)7-14-11(13-9)5-12-6-11/h8-9,12-13H,5-7H2,1-4H3. The van der Waals surface area contributed by atoms with E-state index in [0.29, 0.717) is 12.0 Å². The maximum absolute atomic E-state index is 5.92. The van der Waals surface area contributed by atoms with Gasteiger partial charge < -0.3 is 10.1 Å². The molecule has 1 atom stereocenters. The van der Waals surface area contributed by atoms with Crippen molar-refractivity contribution in [1.82, 2.24) is 10.6 Å². The predicted molar refractivity (Wildman–Crippen MR) is 57.1 cm³/mol. The van der Waals surface area contributed by atoms with Gasteiger partial charge in [0.15, 0.2) is 0 Å². The van der Waals surface area contributed by atoms with Crippen LogP contribution in [0.5, 0.6) is 0 Å². The third kappa shape index (κ3) is 1.58. The summed E-state index contributed by atoms with van der Waals surface area (Å²) in [6.07, 6.45) is 0. The lowest BCUT2D eigenvalue weighted by Gasteiger charge is -2.55. The summed E-state index contributed by atoms with van der Waals surface area (Å²) in [4.78, 5) is 0. The molecule has 2 rings (SSSR count). The Morgan fingerprint density at radius 1 is 1.29 bits per heavy atom. The van der Waals surface area contributed by atoms with Crippen LogP contribution in [0, 0.1) is 11.3 Å². The van der Waals surface area contributed by atoms with Crippen LogP contribution in [0.3, 0.4) is 0 Å². The molecule has 2 saturated heterocycles. The van der Waals surface area contributed by atoms with Crippen LogP contribution in [0.2, 0.25) is 0 Å². The Kier molecular flexibility index (Phi) is 2.37. The van der Waals surface area contributed by atoms with Crippen molar-refractivity contribution < 1.29 is 4.74 Å². The maximum atomic E-state index is 5.92. The Labute approximate surface area is 86.6 Å². The topological polar surface area (TPSA) is 33.3 Å². The van der Waals surface area contributed by atoms with E-state index in [-0.39, 0.29) is 11.1 Å². The molecule has 2 aliphatic rings. The molecule has 1 spiro atoms. The van der Waals surface area contributed by atoms with E-state index in [4.69, 9.17) is 4.74 Å². The smallest absolute Gasteiger partial charge is 0.144 e. The lowest BCUT2D eigenvalue weighted by Crippen LogP contribution is -2.76. The molecule has 0 bridgehead atoms. The second-order valence-electron chi connectivity index (χ2n) is 5.74. The summed E-state index contributed by atoms with van der Waals surface area (Å²) in [5, 5.41) is 6.94. The number of rotatable bonds is 1. The monoisotopic (exact) mass is 198 g/mol. The molecule has 1 unspecified atom stereocenters. The molecule has 2 fully saturated rings. The first-order chi connectivity index (χ1) is 6.45. The van der Waals surface area contributed by atoms with Crippen LogP contribution in [0.25, 0.3) is 0 Å². The second kappa shape index (κ2) is 3.19. The van der Waals surface area contributed by atoms with E-state index in [2.05, 4.69) is 38.3 Å². The maximum Gasteiger partial charge on any atom is 0.144 e. The summed E-state index contributed by atoms with van der Waals surface area (Å²) >= 11 is 0. The Balaban J connectivity index is 2.09. The van der Waals surface area contributed by atoms with E-state index >= 15 is 0 Å². The fraction of sp³-hybridized carbons (Fsp3) is 1.00. The third-order valence-corrected chi connectivity index (χ3v) is 3.47. The Morgan fingerprint density at radius 2 is 1.93 bits per heavy atom. The average molecular weight is 198 g/mol. The van der Waals surface area contributed by atoms with E-state index in [9.17, 15) is 0 Å². The van der Waals surface area contributed by atoms with Crippen LogP contribution in [0.1, 0.15) is 27.7 Å². The number of nitrogens with one attached hydrogen (secondary N) is 2. The molecular weight excluding hydrogens is 176 g/mol. The summed E-state index contributed by atoms with van der Waals surface area (Å²) < 4.78 is 5.92. The lowest BCUT2D eigenvalue weighted by atomic mass is 9.76. The van der Waals surface area contributed by atoms with Gasteiger partial charge in [-0.1, -0.05) is 27.7 Å². The van der Waals surface area contributed by atoms with Gasteiger partial charge in [-0.15, -0.1) is 0 Å². The zero-order valence-corrected chi connectivity index (χ0v) is 9.68. The highest BCUT2D eigenvalue weighted by atomic mass is 16.5. The van der Waals surface area contributed by atoms with Gasteiger partial charge in [0.2, 0.25) is 0 Å². The Bertz CT molecular complexity index is 221. The van der Waals surface area contributed by atoms with Crippen molar-refractivity contribution in [3.63, 3.8) is 0 Å². The van der Waals surface area contributed by atoms with E-state index in [1.807, 2.05) is 0 Å². The molecule has 2 aliphatic heterocycles. The summed E-state index contributed by atoms with van der Waals surface area (Å²) in [6.45, 7) is 11.9.